The second-order valence-corrected chi connectivity index (χ2v) is 6.95. The van der Waals surface area contributed by atoms with Crippen molar-refractivity contribution in [2.24, 2.45) is 0 Å². The Morgan fingerprint density at radius 1 is 1.18 bits per heavy atom. The van der Waals surface area contributed by atoms with Gasteiger partial charge in [0.05, 0.1) is 16.2 Å². The number of H-pyrrole nitrogens is 1. The fourth-order valence-corrected chi connectivity index (χ4v) is 3.53. The topological polar surface area (TPSA) is 76.8 Å². The zero-order chi connectivity index (χ0) is 19.5. The number of hydrogen-bond donors (Lipinski definition) is 1. The van der Waals surface area contributed by atoms with Crippen LogP contribution in [-0.2, 0) is 13.0 Å². The number of unbranched alkanes of at least 4 members (excludes halogenated alkanes) is 1. The van der Waals surface area contributed by atoms with Crippen molar-refractivity contribution in [2.75, 3.05) is 0 Å². The molecule has 6 nitrogen and oxygen atoms in total. The number of nitrogens with zero attached hydrogens (tertiary/aromatic N) is 3. The number of aromatic amines is 1. The Morgan fingerprint density at radius 2 is 2.04 bits per heavy atom. The largest absolute Gasteiger partial charge is 0.354 e. The monoisotopic (exact) mass is 374 g/mol. The van der Waals surface area contributed by atoms with Crippen molar-refractivity contribution in [2.45, 2.75) is 32.7 Å². The molecule has 2 aromatic carbocycles. The lowest BCUT2D eigenvalue weighted by atomic mass is 10.1. The van der Waals surface area contributed by atoms with Gasteiger partial charge in [0.15, 0.2) is 0 Å². The predicted octanol–water partition coefficient (Wildman–Crippen LogP) is 5.33. The maximum absolute atomic E-state index is 11.3. The van der Waals surface area contributed by atoms with Crippen LogP contribution < -0.4 is 0 Å². The first-order valence-electron chi connectivity index (χ1n) is 9.51. The molecule has 0 unspecified atom stereocenters. The molecule has 0 atom stereocenters. The van der Waals surface area contributed by atoms with Crippen molar-refractivity contribution >= 4 is 16.6 Å². The number of fused-ring (bicyclic) bond motifs is 1. The number of aromatic nitrogens is 3. The molecule has 4 rings (SSSR count). The van der Waals surface area contributed by atoms with Gasteiger partial charge in [-0.3, -0.25) is 10.1 Å². The Kier molecular flexibility index (Phi) is 4.93. The van der Waals surface area contributed by atoms with Crippen LogP contribution in [0.3, 0.4) is 0 Å². The van der Waals surface area contributed by atoms with E-state index in [2.05, 4.69) is 33.6 Å². The van der Waals surface area contributed by atoms with Gasteiger partial charge in [-0.15, -0.1) is 0 Å². The molecule has 0 saturated heterocycles. The lowest BCUT2D eigenvalue weighted by Crippen LogP contribution is -2.04. The number of rotatable bonds is 7. The smallest absolute Gasteiger partial charge is 0.278 e. The van der Waals surface area contributed by atoms with E-state index in [1.807, 2.05) is 30.6 Å². The van der Waals surface area contributed by atoms with Crippen LogP contribution in [0.1, 0.15) is 31.2 Å². The summed E-state index contributed by atoms with van der Waals surface area (Å²) in [5.41, 5.74) is 3.60. The van der Waals surface area contributed by atoms with E-state index in [0.717, 1.165) is 48.2 Å². The van der Waals surface area contributed by atoms with Gasteiger partial charge >= 0.3 is 0 Å². The van der Waals surface area contributed by atoms with Crippen molar-refractivity contribution in [3.05, 3.63) is 82.4 Å². The zero-order valence-corrected chi connectivity index (χ0v) is 15.8. The highest BCUT2D eigenvalue weighted by Crippen LogP contribution is 2.31. The van der Waals surface area contributed by atoms with Crippen molar-refractivity contribution < 1.29 is 4.92 Å². The standard InChI is InChI=1S/C22H22N4O2/c1-2-3-8-22-23-11-12-25(22)15-16-9-10-19-17(13-16)14-20(24-19)18-6-4-5-7-21(18)26(27)28/h4-7,9-14,24H,2-3,8,15H2,1H3. The van der Waals surface area contributed by atoms with E-state index in [1.165, 1.54) is 11.6 Å². The highest BCUT2D eigenvalue weighted by molar-refractivity contribution is 5.88. The molecule has 2 aromatic heterocycles. The molecule has 0 saturated carbocycles. The third kappa shape index (κ3) is 3.53. The fraction of sp³-hybridized carbons (Fsp3) is 0.227. The SMILES string of the molecule is CCCCc1nccn1Cc1ccc2[nH]c(-c3ccccc3[N+](=O)[O-])cc2c1. The number of imidazole rings is 1. The summed E-state index contributed by atoms with van der Waals surface area (Å²) in [6.07, 6.45) is 7.14. The summed E-state index contributed by atoms with van der Waals surface area (Å²) in [6.45, 7) is 2.95. The van der Waals surface area contributed by atoms with Gasteiger partial charge in [0.1, 0.15) is 5.82 Å². The minimum absolute atomic E-state index is 0.105. The third-order valence-corrected chi connectivity index (χ3v) is 4.98. The van der Waals surface area contributed by atoms with Crippen LogP contribution in [0.15, 0.2) is 60.9 Å². The normalized spacial score (nSPS) is 11.2. The van der Waals surface area contributed by atoms with Gasteiger partial charge in [-0.2, -0.15) is 0 Å². The second-order valence-electron chi connectivity index (χ2n) is 6.95. The molecule has 0 fully saturated rings. The van der Waals surface area contributed by atoms with E-state index < -0.39 is 0 Å². The van der Waals surface area contributed by atoms with Crippen LogP contribution in [0.2, 0.25) is 0 Å². The van der Waals surface area contributed by atoms with Gasteiger partial charge in [0.2, 0.25) is 0 Å². The number of nitrogens with one attached hydrogen (secondary N) is 1. The Balaban J connectivity index is 1.65. The van der Waals surface area contributed by atoms with E-state index in [1.54, 1.807) is 12.1 Å². The molecular weight excluding hydrogens is 352 g/mol. The molecule has 0 aliphatic heterocycles. The molecule has 1 N–H and O–H groups in total. The van der Waals surface area contributed by atoms with Gasteiger partial charge < -0.3 is 9.55 Å². The van der Waals surface area contributed by atoms with E-state index in [9.17, 15) is 10.1 Å². The zero-order valence-electron chi connectivity index (χ0n) is 15.8. The average Bonchev–Trinajstić information content (AvgIpc) is 3.32. The number of nitro benzene ring substituents is 1. The highest BCUT2D eigenvalue weighted by Gasteiger charge is 2.16. The summed E-state index contributed by atoms with van der Waals surface area (Å²) in [4.78, 5) is 18.8. The molecule has 2 heterocycles. The minimum Gasteiger partial charge on any atom is -0.354 e. The molecule has 4 aromatic rings. The summed E-state index contributed by atoms with van der Waals surface area (Å²) >= 11 is 0. The molecule has 0 spiro atoms. The lowest BCUT2D eigenvalue weighted by molar-refractivity contribution is -0.384. The van der Waals surface area contributed by atoms with Gasteiger partial charge in [0, 0.05) is 42.3 Å². The summed E-state index contributed by atoms with van der Waals surface area (Å²) < 4.78 is 2.19. The Labute approximate surface area is 163 Å². The van der Waals surface area contributed by atoms with Crippen LogP contribution in [0.5, 0.6) is 0 Å². The summed E-state index contributed by atoms with van der Waals surface area (Å²) in [6, 6.07) is 15.0. The van der Waals surface area contributed by atoms with Crippen molar-refractivity contribution in [1.82, 2.24) is 14.5 Å². The number of para-hydroxylation sites is 1. The van der Waals surface area contributed by atoms with Crippen LogP contribution in [0, 0.1) is 10.1 Å². The maximum atomic E-state index is 11.3. The van der Waals surface area contributed by atoms with Crippen molar-refractivity contribution in [3.63, 3.8) is 0 Å². The molecule has 0 amide bonds. The van der Waals surface area contributed by atoms with E-state index >= 15 is 0 Å². The van der Waals surface area contributed by atoms with Crippen molar-refractivity contribution in [3.8, 4) is 11.3 Å². The van der Waals surface area contributed by atoms with Gasteiger partial charge in [-0.25, -0.2) is 4.98 Å². The van der Waals surface area contributed by atoms with Gasteiger partial charge in [-0.1, -0.05) is 31.5 Å². The van der Waals surface area contributed by atoms with Crippen LogP contribution >= 0.6 is 0 Å². The molecule has 142 valence electrons. The average molecular weight is 374 g/mol. The lowest BCUT2D eigenvalue weighted by Gasteiger charge is -2.08. The summed E-state index contributed by atoms with van der Waals surface area (Å²) in [5, 5.41) is 12.4. The number of nitro groups is 1. The van der Waals surface area contributed by atoms with Crippen LogP contribution in [-0.4, -0.2) is 19.5 Å². The number of hydrogen-bond acceptors (Lipinski definition) is 3. The molecule has 0 bridgehead atoms. The second kappa shape index (κ2) is 7.68. The highest BCUT2D eigenvalue weighted by atomic mass is 16.6. The first-order chi connectivity index (χ1) is 13.7. The third-order valence-electron chi connectivity index (χ3n) is 4.98. The first kappa shape index (κ1) is 18.0. The van der Waals surface area contributed by atoms with Crippen LogP contribution in [0.4, 0.5) is 5.69 Å². The van der Waals surface area contributed by atoms with E-state index in [0.29, 0.717) is 5.56 Å². The molecule has 0 radical (unpaired) electrons. The predicted molar refractivity (Wildman–Crippen MR) is 110 cm³/mol. The quantitative estimate of drug-likeness (QED) is 0.351. The Hall–Kier alpha value is -3.41. The first-order valence-corrected chi connectivity index (χ1v) is 9.51. The van der Waals surface area contributed by atoms with Gasteiger partial charge in [-0.05, 0) is 36.2 Å². The van der Waals surface area contributed by atoms with E-state index in [-0.39, 0.29) is 10.6 Å². The minimum atomic E-state index is -0.344. The molecule has 6 heteroatoms. The van der Waals surface area contributed by atoms with Crippen molar-refractivity contribution in [1.29, 1.82) is 0 Å². The number of benzene rings is 2. The molecule has 0 aliphatic carbocycles. The number of aryl methyl sites for hydroxylation is 1. The van der Waals surface area contributed by atoms with E-state index in [4.69, 9.17) is 0 Å². The molecule has 0 aliphatic rings. The van der Waals surface area contributed by atoms with Crippen LogP contribution in [0.25, 0.3) is 22.2 Å². The Bertz CT molecular complexity index is 1130. The fourth-order valence-electron chi connectivity index (χ4n) is 3.53. The molecular formula is C22H22N4O2. The maximum Gasteiger partial charge on any atom is 0.278 e. The Morgan fingerprint density at radius 3 is 2.86 bits per heavy atom. The van der Waals surface area contributed by atoms with Gasteiger partial charge in [0.25, 0.3) is 5.69 Å². The summed E-state index contributed by atoms with van der Waals surface area (Å²) in [7, 11) is 0. The summed E-state index contributed by atoms with van der Waals surface area (Å²) in [5.74, 6) is 1.11. The molecule has 28 heavy (non-hydrogen) atoms.